The number of rotatable bonds is 4. The van der Waals surface area contributed by atoms with Crippen LogP contribution in [0.15, 0.2) is 42.9 Å². The van der Waals surface area contributed by atoms with E-state index < -0.39 is 23.9 Å². The van der Waals surface area contributed by atoms with Gasteiger partial charge in [-0.25, -0.2) is 4.98 Å². The van der Waals surface area contributed by atoms with Crippen LogP contribution in [0.4, 0.5) is 0 Å². The van der Waals surface area contributed by atoms with Crippen LogP contribution in [0.25, 0.3) is 0 Å². The minimum absolute atomic E-state index is 0.0506. The highest BCUT2D eigenvalue weighted by Crippen LogP contribution is 2.17. The summed E-state index contributed by atoms with van der Waals surface area (Å²) in [6.07, 6.45) is 5.37. The molecule has 1 aromatic carbocycles. The third-order valence-electron chi connectivity index (χ3n) is 5.88. The van der Waals surface area contributed by atoms with Gasteiger partial charge in [-0.3, -0.25) is 24.2 Å². The molecule has 34 heavy (non-hydrogen) atoms. The Morgan fingerprint density at radius 3 is 2.59 bits per heavy atom. The second kappa shape index (κ2) is 10.1. The van der Waals surface area contributed by atoms with Gasteiger partial charge < -0.3 is 20.4 Å². The smallest absolute Gasteiger partial charge is 0.274 e. The lowest BCUT2D eigenvalue weighted by Gasteiger charge is -2.41. The van der Waals surface area contributed by atoms with Crippen LogP contribution in [0, 0.1) is 11.3 Å². The Morgan fingerprint density at radius 1 is 1.12 bits per heavy atom. The number of piperazine rings is 1. The van der Waals surface area contributed by atoms with Gasteiger partial charge in [0, 0.05) is 37.6 Å². The topological polar surface area (TPSA) is 148 Å². The Balaban J connectivity index is 1.56. The van der Waals surface area contributed by atoms with Crippen LogP contribution >= 0.6 is 0 Å². The summed E-state index contributed by atoms with van der Waals surface area (Å²) in [4.78, 5) is 62.4. The number of piperidine rings is 1. The second-order valence-electron chi connectivity index (χ2n) is 8.04. The number of nitrogens with zero attached hydrogens (tertiary/aromatic N) is 5. The normalized spacial score (nSPS) is 20.1. The number of carbonyl (C=O) groups is 4. The lowest BCUT2D eigenvalue weighted by atomic mass is 10.0. The number of amides is 4. The van der Waals surface area contributed by atoms with Gasteiger partial charge in [0.25, 0.3) is 11.8 Å². The van der Waals surface area contributed by atoms with Crippen molar-refractivity contribution in [1.82, 2.24) is 30.4 Å². The number of hydrogen-bond donors (Lipinski definition) is 2. The second-order valence-corrected chi connectivity index (χ2v) is 8.04. The highest BCUT2D eigenvalue weighted by atomic mass is 16.2. The lowest BCUT2D eigenvalue weighted by Crippen LogP contribution is -2.63. The molecule has 2 aromatic rings. The third kappa shape index (κ3) is 4.85. The molecule has 0 unspecified atom stereocenters. The van der Waals surface area contributed by atoms with E-state index in [1.54, 1.807) is 24.3 Å². The maximum absolute atomic E-state index is 13.3. The van der Waals surface area contributed by atoms with E-state index in [9.17, 15) is 19.2 Å². The van der Waals surface area contributed by atoms with Gasteiger partial charge >= 0.3 is 0 Å². The fourth-order valence-corrected chi connectivity index (χ4v) is 4.04. The molecule has 2 N–H and O–H groups in total. The van der Waals surface area contributed by atoms with Crippen LogP contribution in [0.2, 0.25) is 0 Å². The zero-order chi connectivity index (χ0) is 24.1. The van der Waals surface area contributed by atoms with E-state index >= 15 is 0 Å². The summed E-state index contributed by atoms with van der Waals surface area (Å²) in [7, 11) is 0. The predicted octanol–water partition coefficient (Wildman–Crippen LogP) is -0.290. The first-order valence-electron chi connectivity index (χ1n) is 10.9. The number of aromatic nitrogens is 2. The molecule has 3 heterocycles. The van der Waals surface area contributed by atoms with Gasteiger partial charge in [-0.15, -0.1) is 0 Å². The van der Waals surface area contributed by atoms with Crippen molar-refractivity contribution >= 4 is 23.6 Å². The summed E-state index contributed by atoms with van der Waals surface area (Å²) in [5.41, 5.74) is 0.889. The first kappa shape index (κ1) is 22.8. The molecule has 0 saturated carbocycles. The van der Waals surface area contributed by atoms with Crippen molar-refractivity contribution in [2.75, 3.05) is 26.2 Å². The van der Waals surface area contributed by atoms with E-state index in [1.807, 2.05) is 6.07 Å². The van der Waals surface area contributed by atoms with Gasteiger partial charge in [0.2, 0.25) is 11.8 Å². The molecule has 0 spiro atoms. The van der Waals surface area contributed by atoms with Gasteiger partial charge in [0.05, 0.1) is 24.4 Å². The fourth-order valence-electron chi connectivity index (χ4n) is 4.04. The van der Waals surface area contributed by atoms with Crippen molar-refractivity contribution in [3.05, 3.63) is 59.7 Å². The van der Waals surface area contributed by atoms with Crippen molar-refractivity contribution < 1.29 is 19.2 Å². The van der Waals surface area contributed by atoms with Gasteiger partial charge in [0.1, 0.15) is 17.8 Å². The molecule has 4 amide bonds. The van der Waals surface area contributed by atoms with Crippen molar-refractivity contribution in [2.45, 2.75) is 24.9 Å². The molecular formula is C23H23N7O4. The van der Waals surface area contributed by atoms with Crippen LogP contribution in [0.5, 0.6) is 0 Å². The number of nitriles is 1. The van der Waals surface area contributed by atoms with Crippen LogP contribution in [-0.2, 0) is 9.59 Å². The van der Waals surface area contributed by atoms with Crippen molar-refractivity contribution in [3.8, 4) is 6.07 Å². The third-order valence-corrected chi connectivity index (χ3v) is 5.88. The summed E-state index contributed by atoms with van der Waals surface area (Å²) in [6.45, 7) is 0.814. The minimum Gasteiger partial charge on any atom is -0.354 e. The first-order valence-corrected chi connectivity index (χ1v) is 10.9. The molecule has 0 radical (unpaired) electrons. The molecule has 2 aliphatic rings. The summed E-state index contributed by atoms with van der Waals surface area (Å²) in [6, 6.07) is 6.50. The summed E-state index contributed by atoms with van der Waals surface area (Å²) in [5, 5.41) is 14.4. The monoisotopic (exact) mass is 461 g/mol. The van der Waals surface area contributed by atoms with E-state index in [4.69, 9.17) is 5.26 Å². The molecule has 1 aromatic heterocycles. The van der Waals surface area contributed by atoms with Crippen LogP contribution in [-0.4, -0.2) is 81.7 Å². The molecule has 11 nitrogen and oxygen atoms in total. The summed E-state index contributed by atoms with van der Waals surface area (Å²) < 4.78 is 0. The van der Waals surface area contributed by atoms with Gasteiger partial charge in [-0.1, -0.05) is 0 Å². The zero-order valence-corrected chi connectivity index (χ0v) is 18.3. The standard InChI is InChI=1S/C23H23N7O4/c24-12-15-3-5-16(6-4-15)22(33)29-10-11-30(23(34)18-13-25-8-9-26-18)19(14-29)21(32)28-17-2-1-7-27-20(17)31/h3-6,8-9,13,17,19H,1-2,7,10-11,14H2,(H,27,31)(H,28,32)/t17-,19+/m1/s1. The van der Waals surface area contributed by atoms with Crippen molar-refractivity contribution in [3.63, 3.8) is 0 Å². The van der Waals surface area contributed by atoms with Crippen LogP contribution < -0.4 is 10.6 Å². The number of benzene rings is 1. The molecule has 2 saturated heterocycles. The summed E-state index contributed by atoms with van der Waals surface area (Å²) in [5.74, 6) is -1.58. The molecule has 11 heteroatoms. The van der Waals surface area contributed by atoms with Gasteiger partial charge in [-0.2, -0.15) is 5.26 Å². The number of hydrogen-bond acceptors (Lipinski definition) is 7. The predicted molar refractivity (Wildman–Crippen MR) is 118 cm³/mol. The SMILES string of the molecule is N#Cc1ccc(C(=O)N2CCN(C(=O)c3cnccn3)[C@H](C(=O)N[C@@H]3CCCNC3=O)C2)cc1. The molecule has 2 fully saturated rings. The molecule has 2 atom stereocenters. The summed E-state index contributed by atoms with van der Waals surface area (Å²) >= 11 is 0. The Bertz CT molecular complexity index is 1130. The fraction of sp³-hybridized carbons (Fsp3) is 0.348. The average Bonchev–Trinajstić information content (AvgIpc) is 2.89. The van der Waals surface area contributed by atoms with E-state index in [0.717, 1.165) is 6.42 Å². The lowest BCUT2D eigenvalue weighted by molar-refractivity contribution is -0.133. The van der Waals surface area contributed by atoms with Crippen molar-refractivity contribution in [2.24, 2.45) is 0 Å². The minimum atomic E-state index is -1.01. The van der Waals surface area contributed by atoms with E-state index in [1.165, 1.54) is 28.4 Å². The largest absolute Gasteiger partial charge is 0.354 e. The Morgan fingerprint density at radius 2 is 1.91 bits per heavy atom. The Hall–Kier alpha value is -4.33. The quantitative estimate of drug-likeness (QED) is 0.635. The highest BCUT2D eigenvalue weighted by Gasteiger charge is 2.39. The molecule has 0 aliphatic carbocycles. The van der Waals surface area contributed by atoms with E-state index in [-0.39, 0.29) is 37.1 Å². The Kier molecular flexibility index (Phi) is 6.77. The number of nitrogens with one attached hydrogen (secondary N) is 2. The molecule has 2 aliphatic heterocycles. The maximum atomic E-state index is 13.3. The van der Waals surface area contributed by atoms with Crippen LogP contribution in [0.3, 0.4) is 0 Å². The first-order chi connectivity index (χ1) is 16.5. The molecular weight excluding hydrogens is 438 g/mol. The average molecular weight is 461 g/mol. The Labute approximate surface area is 195 Å². The van der Waals surface area contributed by atoms with Crippen LogP contribution in [0.1, 0.15) is 39.3 Å². The molecule has 4 rings (SSSR count). The van der Waals surface area contributed by atoms with Gasteiger partial charge in [-0.05, 0) is 37.1 Å². The van der Waals surface area contributed by atoms with Gasteiger partial charge in [0.15, 0.2) is 0 Å². The van der Waals surface area contributed by atoms with E-state index in [2.05, 4.69) is 20.6 Å². The molecule has 0 bridgehead atoms. The molecule has 174 valence electrons. The maximum Gasteiger partial charge on any atom is 0.274 e. The van der Waals surface area contributed by atoms with Crippen molar-refractivity contribution in [1.29, 1.82) is 5.26 Å². The number of carbonyl (C=O) groups excluding carboxylic acids is 4. The van der Waals surface area contributed by atoms with E-state index in [0.29, 0.717) is 24.1 Å². The highest BCUT2D eigenvalue weighted by molar-refractivity contribution is 5.99. The zero-order valence-electron chi connectivity index (χ0n) is 18.3.